The number of nitrogens with one attached hydrogen (secondary N) is 2. The van der Waals surface area contributed by atoms with Gasteiger partial charge in [-0.25, -0.2) is 4.98 Å². The number of aromatic nitrogens is 4. The van der Waals surface area contributed by atoms with E-state index >= 15 is 0 Å². The van der Waals surface area contributed by atoms with E-state index in [0.29, 0.717) is 17.0 Å². The molecule has 0 atom stereocenters. The molecule has 0 radical (unpaired) electrons. The molecule has 19 heavy (non-hydrogen) atoms. The lowest BCUT2D eigenvalue weighted by Crippen LogP contribution is -2.17. The summed E-state index contributed by atoms with van der Waals surface area (Å²) in [7, 11) is 0. The predicted molar refractivity (Wildman–Crippen MR) is 70.7 cm³/mol. The third kappa shape index (κ3) is 2.65. The van der Waals surface area contributed by atoms with Crippen molar-refractivity contribution in [1.82, 2.24) is 19.7 Å². The second-order valence-corrected chi connectivity index (χ2v) is 4.35. The van der Waals surface area contributed by atoms with Gasteiger partial charge in [0.1, 0.15) is 11.4 Å². The molecular formula is C10H11BrN6O2. The first kappa shape index (κ1) is 13.3. The van der Waals surface area contributed by atoms with Crippen LogP contribution < -0.4 is 11.1 Å². The van der Waals surface area contributed by atoms with Gasteiger partial charge < -0.3 is 15.6 Å². The highest BCUT2D eigenvalue weighted by molar-refractivity contribution is 9.10. The van der Waals surface area contributed by atoms with Gasteiger partial charge in [0.2, 0.25) is 0 Å². The summed E-state index contributed by atoms with van der Waals surface area (Å²) in [4.78, 5) is 26.9. The topological polar surface area (TPSA) is 119 Å². The zero-order valence-corrected chi connectivity index (χ0v) is 11.6. The minimum absolute atomic E-state index is 0.125. The summed E-state index contributed by atoms with van der Waals surface area (Å²) in [6.45, 7) is 2.49. The van der Waals surface area contributed by atoms with Crippen molar-refractivity contribution in [2.24, 2.45) is 5.73 Å². The van der Waals surface area contributed by atoms with Gasteiger partial charge in [-0.1, -0.05) is 0 Å². The molecule has 0 aliphatic heterocycles. The van der Waals surface area contributed by atoms with Gasteiger partial charge in [0.25, 0.3) is 11.8 Å². The fourth-order valence-corrected chi connectivity index (χ4v) is 2.07. The second-order valence-electron chi connectivity index (χ2n) is 3.64. The lowest BCUT2D eigenvalue weighted by Gasteiger charge is -2.05. The van der Waals surface area contributed by atoms with Crippen LogP contribution in [0.1, 0.15) is 27.9 Å². The molecule has 0 bridgehead atoms. The molecule has 2 amide bonds. The number of imidazole rings is 1. The van der Waals surface area contributed by atoms with Gasteiger partial charge in [0, 0.05) is 12.6 Å². The molecule has 2 rings (SSSR count). The van der Waals surface area contributed by atoms with Crippen LogP contribution in [0.5, 0.6) is 0 Å². The highest BCUT2D eigenvalue weighted by Gasteiger charge is 2.16. The van der Waals surface area contributed by atoms with Crippen LogP contribution in [0.4, 0.5) is 5.82 Å². The molecule has 0 aliphatic rings. The van der Waals surface area contributed by atoms with Gasteiger partial charge in [-0.3, -0.25) is 14.7 Å². The Bertz CT molecular complexity index is 632. The fraction of sp³-hybridized carbons (Fsp3) is 0.200. The summed E-state index contributed by atoms with van der Waals surface area (Å²) in [6.07, 6.45) is 1.45. The van der Waals surface area contributed by atoms with Gasteiger partial charge in [-0.2, -0.15) is 5.10 Å². The molecule has 0 saturated heterocycles. The molecule has 0 aliphatic carbocycles. The molecule has 2 heterocycles. The SMILES string of the molecule is CCn1c(C(=O)Nc2cc(C(N)=O)[nH]n2)cnc1Br. The standard InChI is InChI=1S/C10H11BrN6O2/c1-2-17-6(4-13-10(17)11)9(19)14-7-3-5(8(12)18)15-16-7/h3-4H,2H2,1H3,(H2,12,18)(H2,14,15,16,19). The van der Waals surface area contributed by atoms with Crippen LogP contribution >= 0.6 is 15.9 Å². The van der Waals surface area contributed by atoms with Crippen LogP contribution in [0.15, 0.2) is 17.0 Å². The highest BCUT2D eigenvalue weighted by Crippen LogP contribution is 2.13. The third-order valence-electron chi connectivity index (χ3n) is 2.44. The molecule has 0 saturated carbocycles. The first-order valence-electron chi connectivity index (χ1n) is 5.40. The van der Waals surface area contributed by atoms with E-state index in [1.54, 1.807) is 4.57 Å². The number of carbonyl (C=O) groups is 2. The summed E-state index contributed by atoms with van der Waals surface area (Å²) >= 11 is 3.24. The van der Waals surface area contributed by atoms with Gasteiger partial charge >= 0.3 is 0 Å². The van der Waals surface area contributed by atoms with Gasteiger partial charge in [-0.15, -0.1) is 0 Å². The number of hydrogen-bond donors (Lipinski definition) is 3. The molecule has 9 heteroatoms. The van der Waals surface area contributed by atoms with Crippen molar-refractivity contribution in [2.75, 3.05) is 5.32 Å². The maximum Gasteiger partial charge on any atom is 0.275 e. The Morgan fingerprint density at radius 1 is 1.58 bits per heavy atom. The van der Waals surface area contributed by atoms with Crippen molar-refractivity contribution in [3.63, 3.8) is 0 Å². The summed E-state index contributed by atoms with van der Waals surface area (Å²) in [5.41, 5.74) is 5.59. The molecule has 4 N–H and O–H groups in total. The zero-order chi connectivity index (χ0) is 14.0. The number of hydrogen-bond acceptors (Lipinski definition) is 4. The second kappa shape index (κ2) is 5.22. The van der Waals surface area contributed by atoms with E-state index in [1.165, 1.54) is 12.3 Å². The molecule has 0 unspecified atom stereocenters. The maximum absolute atomic E-state index is 12.0. The maximum atomic E-state index is 12.0. The quantitative estimate of drug-likeness (QED) is 0.767. The van der Waals surface area contributed by atoms with E-state index in [0.717, 1.165) is 0 Å². The number of rotatable bonds is 4. The number of nitrogens with zero attached hydrogens (tertiary/aromatic N) is 3. The van der Waals surface area contributed by atoms with Crippen molar-refractivity contribution in [2.45, 2.75) is 13.5 Å². The van der Waals surface area contributed by atoms with Crippen LogP contribution in [0.3, 0.4) is 0 Å². The predicted octanol–water partition coefficient (Wildman–Crippen LogP) is 0.740. The first-order chi connectivity index (χ1) is 9.02. The van der Waals surface area contributed by atoms with Crippen LogP contribution in [0.25, 0.3) is 0 Å². The fourth-order valence-electron chi connectivity index (χ4n) is 1.53. The largest absolute Gasteiger partial charge is 0.364 e. The van der Waals surface area contributed by atoms with Crippen molar-refractivity contribution < 1.29 is 9.59 Å². The van der Waals surface area contributed by atoms with Crippen LogP contribution in [0, 0.1) is 0 Å². The Morgan fingerprint density at radius 3 is 2.89 bits per heavy atom. The van der Waals surface area contributed by atoms with E-state index in [1.807, 2.05) is 6.92 Å². The Morgan fingerprint density at radius 2 is 2.32 bits per heavy atom. The zero-order valence-electron chi connectivity index (χ0n) is 9.98. The molecule has 2 aromatic heterocycles. The van der Waals surface area contributed by atoms with E-state index in [9.17, 15) is 9.59 Å². The minimum Gasteiger partial charge on any atom is -0.364 e. The molecule has 8 nitrogen and oxygen atoms in total. The number of nitrogens with two attached hydrogens (primary N) is 1. The average Bonchev–Trinajstić information content (AvgIpc) is 2.95. The normalized spacial score (nSPS) is 10.4. The number of amides is 2. The Labute approximate surface area is 116 Å². The summed E-state index contributed by atoms with van der Waals surface area (Å²) in [5, 5.41) is 8.74. The van der Waals surface area contributed by atoms with E-state index in [-0.39, 0.29) is 17.4 Å². The molecular weight excluding hydrogens is 316 g/mol. The van der Waals surface area contributed by atoms with E-state index in [4.69, 9.17) is 5.73 Å². The number of aromatic amines is 1. The van der Waals surface area contributed by atoms with Gasteiger partial charge in [0.15, 0.2) is 10.6 Å². The van der Waals surface area contributed by atoms with Gasteiger partial charge in [-0.05, 0) is 22.9 Å². The van der Waals surface area contributed by atoms with Crippen LogP contribution in [-0.4, -0.2) is 31.6 Å². The molecule has 100 valence electrons. The number of carbonyl (C=O) groups excluding carboxylic acids is 2. The Balaban J connectivity index is 2.18. The number of primary amides is 1. The summed E-state index contributed by atoms with van der Waals surface area (Å²) in [5.74, 6) is -0.796. The van der Waals surface area contributed by atoms with E-state index in [2.05, 4.69) is 36.4 Å². The lowest BCUT2D eigenvalue weighted by molar-refractivity contribution is 0.0992. The lowest BCUT2D eigenvalue weighted by atomic mass is 10.4. The van der Waals surface area contributed by atoms with Crippen molar-refractivity contribution in [3.05, 3.63) is 28.4 Å². The molecule has 2 aromatic rings. The third-order valence-corrected chi connectivity index (χ3v) is 3.07. The molecule has 0 spiro atoms. The minimum atomic E-state index is -0.644. The number of anilines is 1. The van der Waals surface area contributed by atoms with Crippen molar-refractivity contribution in [1.29, 1.82) is 0 Å². The van der Waals surface area contributed by atoms with Crippen molar-refractivity contribution in [3.8, 4) is 0 Å². The molecule has 0 fully saturated rings. The summed E-state index contributed by atoms with van der Waals surface area (Å²) < 4.78 is 2.26. The van der Waals surface area contributed by atoms with E-state index < -0.39 is 5.91 Å². The Kier molecular flexibility index (Phi) is 3.65. The number of H-pyrrole nitrogens is 1. The average molecular weight is 327 g/mol. The van der Waals surface area contributed by atoms with Gasteiger partial charge in [0.05, 0.1) is 6.20 Å². The van der Waals surface area contributed by atoms with Crippen LogP contribution in [0.2, 0.25) is 0 Å². The van der Waals surface area contributed by atoms with Crippen molar-refractivity contribution >= 4 is 33.6 Å². The molecule has 0 aromatic carbocycles. The highest BCUT2D eigenvalue weighted by atomic mass is 79.9. The first-order valence-corrected chi connectivity index (χ1v) is 6.19. The monoisotopic (exact) mass is 326 g/mol. The summed E-state index contributed by atoms with van der Waals surface area (Å²) in [6, 6.07) is 1.36. The Hall–Kier alpha value is -2.16. The smallest absolute Gasteiger partial charge is 0.275 e. The number of halogens is 1. The van der Waals surface area contributed by atoms with Crippen LogP contribution in [-0.2, 0) is 6.54 Å².